The van der Waals surface area contributed by atoms with E-state index in [1.807, 2.05) is 45.0 Å². The molecule has 6 heteroatoms. The highest BCUT2D eigenvalue weighted by molar-refractivity contribution is 5.96. The fourth-order valence-electron chi connectivity index (χ4n) is 2.89. The van der Waals surface area contributed by atoms with Crippen LogP contribution in [0.3, 0.4) is 0 Å². The van der Waals surface area contributed by atoms with Crippen molar-refractivity contribution in [3.63, 3.8) is 0 Å². The first-order valence-corrected chi connectivity index (χ1v) is 11.0. The molecule has 0 aliphatic rings. The van der Waals surface area contributed by atoms with Gasteiger partial charge in [-0.2, -0.15) is 0 Å². The van der Waals surface area contributed by atoms with Gasteiger partial charge < -0.3 is 20.7 Å². The lowest BCUT2D eigenvalue weighted by Gasteiger charge is -2.20. The van der Waals surface area contributed by atoms with Crippen LogP contribution >= 0.6 is 0 Å². The Labute approximate surface area is 185 Å². The van der Waals surface area contributed by atoms with Crippen LogP contribution in [0.25, 0.3) is 0 Å². The SMILES string of the molecule is CCCCCCOc1ccc(NCC(=O)Nc2ccc(C(=O)NC(C)(C)C)cc2)cc1. The number of carbonyl (C=O) groups is 2. The molecule has 3 N–H and O–H groups in total. The number of nitrogens with one attached hydrogen (secondary N) is 3. The van der Waals surface area contributed by atoms with Crippen LogP contribution in [0.2, 0.25) is 0 Å². The van der Waals surface area contributed by atoms with Crippen molar-refractivity contribution in [1.29, 1.82) is 0 Å². The molecule has 0 heterocycles. The highest BCUT2D eigenvalue weighted by atomic mass is 16.5. The molecule has 0 atom stereocenters. The normalized spacial score (nSPS) is 11.0. The molecule has 0 saturated heterocycles. The number of carbonyl (C=O) groups excluding carboxylic acids is 2. The van der Waals surface area contributed by atoms with Gasteiger partial charge in [0.1, 0.15) is 5.75 Å². The van der Waals surface area contributed by atoms with Crippen molar-refractivity contribution in [1.82, 2.24) is 5.32 Å². The van der Waals surface area contributed by atoms with Crippen LogP contribution in [0.1, 0.15) is 63.7 Å². The Bertz CT molecular complexity index is 825. The van der Waals surface area contributed by atoms with Gasteiger partial charge in [-0.15, -0.1) is 0 Å². The summed E-state index contributed by atoms with van der Waals surface area (Å²) in [6.07, 6.45) is 4.72. The zero-order chi connectivity index (χ0) is 22.7. The van der Waals surface area contributed by atoms with E-state index in [-0.39, 0.29) is 23.9 Å². The largest absolute Gasteiger partial charge is 0.494 e. The summed E-state index contributed by atoms with van der Waals surface area (Å²) in [5.74, 6) is 0.533. The number of hydrogen-bond donors (Lipinski definition) is 3. The maximum absolute atomic E-state index is 12.2. The third kappa shape index (κ3) is 9.55. The summed E-state index contributed by atoms with van der Waals surface area (Å²) < 4.78 is 5.73. The zero-order valence-electron chi connectivity index (χ0n) is 19.1. The average molecular weight is 426 g/mol. The molecule has 0 fully saturated rings. The van der Waals surface area contributed by atoms with Crippen molar-refractivity contribution >= 4 is 23.2 Å². The van der Waals surface area contributed by atoms with Gasteiger partial charge >= 0.3 is 0 Å². The van der Waals surface area contributed by atoms with E-state index in [1.54, 1.807) is 24.3 Å². The van der Waals surface area contributed by atoms with E-state index < -0.39 is 0 Å². The van der Waals surface area contributed by atoms with Crippen LogP contribution in [0.15, 0.2) is 48.5 Å². The summed E-state index contributed by atoms with van der Waals surface area (Å²) in [5, 5.41) is 8.84. The number of anilines is 2. The molecule has 0 spiro atoms. The molecule has 0 aromatic heterocycles. The lowest BCUT2D eigenvalue weighted by Crippen LogP contribution is -2.40. The molecule has 31 heavy (non-hydrogen) atoms. The minimum Gasteiger partial charge on any atom is -0.494 e. The van der Waals surface area contributed by atoms with E-state index >= 15 is 0 Å². The predicted molar refractivity (Wildman–Crippen MR) is 127 cm³/mol. The Morgan fingerprint density at radius 3 is 2.13 bits per heavy atom. The van der Waals surface area contributed by atoms with Crippen LogP contribution in [0.5, 0.6) is 5.75 Å². The van der Waals surface area contributed by atoms with Crippen LogP contribution in [0, 0.1) is 0 Å². The third-order valence-corrected chi connectivity index (χ3v) is 4.49. The molecule has 0 bridgehead atoms. The van der Waals surface area contributed by atoms with Crippen LogP contribution in [-0.4, -0.2) is 30.5 Å². The molecule has 2 aromatic carbocycles. The standard InChI is InChI=1S/C25H35N3O3/c1-5-6-7-8-17-31-22-15-13-20(14-16-22)26-18-23(29)27-21-11-9-19(10-12-21)24(30)28-25(2,3)4/h9-16,26H,5-8,17-18H2,1-4H3,(H,27,29)(H,28,30). The lowest BCUT2D eigenvalue weighted by molar-refractivity contribution is -0.114. The Morgan fingerprint density at radius 2 is 1.52 bits per heavy atom. The molecule has 0 saturated carbocycles. The lowest BCUT2D eigenvalue weighted by atomic mass is 10.1. The number of amides is 2. The summed E-state index contributed by atoms with van der Waals surface area (Å²) in [5.41, 5.74) is 1.75. The molecule has 2 amide bonds. The molecule has 0 unspecified atom stereocenters. The quantitative estimate of drug-likeness (QED) is 0.431. The van der Waals surface area contributed by atoms with E-state index in [1.165, 1.54) is 19.3 Å². The van der Waals surface area contributed by atoms with Crippen molar-refractivity contribution in [2.24, 2.45) is 0 Å². The van der Waals surface area contributed by atoms with Crippen molar-refractivity contribution in [2.75, 3.05) is 23.8 Å². The Morgan fingerprint density at radius 1 is 0.871 bits per heavy atom. The van der Waals surface area contributed by atoms with Gasteiger partial charge in [-0.25, -0.2) is 0 Å². The maximum atomic E-state index is 12.2. The summed E-state index contributed by atoms with van der Waals surface area (Å²) in [6, 6.07) is 14.5. The number of rotatable bonds is 11. The molecular formula is C25H35N3O3. The predicted octanol–water partition coefficient (Wildman–Crippen LogP) is 5.22. The first-order valence-electron chi connectivity index (χ1n) is 11.0. The highest BCUT2D eigenvalue weighted by Gasteiger charge is 2.15. The van der Waals surface area contributed by atoms with Gasteiger partial charge in [0.05, 0.1) is 13.2 Å². The molecule has 0 aliphatic carbocycles. The van der Waals surface area contributed by atoms with Gasteiger partial charge in [0.25, 0.3) is 5.91 Å². The molecule has 0 aliphatic heterocycles. The second kappa shape index (κ2) is 12.0. The summed E-state index contributed by atoms with van der Waals surface area (Å²) in [7, 11) is 0. The van der Waals surface area contributed by atoms with Crippen molar-refractivity contribution in [3.05, 3.63) is 54.1 Å². The summed E-state index contributed by atoms with van der Waals surface area (Å²) in [6.45, 7) is 8.86. The fraction of sp³-hybridized carbons (Fsp3) is 0.440. The van der Waals surface area contributed by atoms with Crippen LogP contribution in [0.4, 0.5) is 11.4 Å². The number of unbranched alkanes of at least 4 members (excludes halogenated alkanes) is 3. The van der Waals surface area contributed by atoms with Gasteiger partial charge in [0.15, 0.2) is 0 Å². The van der Waals surface area contributed by atoms with Crippen LogP contribution in [-0.2, 0) is 4.79 Å². The molecule has 168 valence electrons. The van der Waals surface area contributed by atoms with E-state index in [2.05, 4.69) is 22.9 Å². The number of benzene rings is 2. The molecule has 2 aromatic rings. The number of ether oxygens (including phenoxy) is 1. The Kier molecular flexibility index (Phi) is 9.38. The Balaban J connectivity index is 1.74. The van der Waals surface area contributed by atoms with E-state index in [0.717, 1.165) is 24.5 Å². The number of hydrogen-bond acceptors (Lipinski definition) is 4. The molecular weight excluding hydrogens is 390 g/mol. The average Bonchev–Trinajstić information content (AvgIpc) is 2.72. The second-order valence-electron chi connectivity index (χ2n) is 8.62. The molecule has 6 nitrogen and oxygen atoms in total. The van der Waals surface area contributed by atoms with Gasteiger partial charge in [-0.3, -0.25) is 9.59 Å². The van der Waals surface area contributed by atoms with Crippen molar-refractivity contribution < 1.29 is 14.3 Å². The van der Waals surface area contributed by atoms with Gasteiger partial charge in [-0.1, -0.05) is 26.2 Å². The third-order valence-electron chi connectivity index (χ3n) is 4.49. The minimum absolute atomic E-state index is 0.138. The van der Waals surface area contributed by atoms with Crippen molar-refractivity contribution in [3.8, 4) is 5.75 Å². The van der Waals surface area contributed by atoms with E-state index in [4.69, 9.17) is 4.74 Å². The monoisotopic (exact) mass is 425 g/mol. The zero-order valence-corrected chi connectivity index (χ0v) is 19.1. The minimum atomic E-state index is -0.297. The summed E-state index contributed by atoms with van der Waals surface area (Å²) >= 11 is 0. The molecule has 0 radical (unpaired) electrons. The fourth-order valence-corrected chi connectivity index (χ4v) is 2.89. The summed E-state index contributed by atoms with van der Waals surface area (Å²) in [4.78, 5) is 24.4. The van der Waals surface area contributed by atoms with Crippen LogP contribution < -0.4 is 20.7 Å². The molecule has 2 rings (SSSR count). The van der Waals surface area contributed by atoms with Crippen molar-refractivity contribution in [2.45, 2.75) is 58.9 Å². The first-order chi connectivity index (χ1) is 14.8. The smallest absolute Gasteiger partial charge is 0.251 e. The van der Waals surface area contributed by atoms with E-state index in [0.29, 0.717) is 11.3 Å². The van der Waals surface area contributed by atoms with Gasteiger partial charge in [-0.05, 0) is 75.7 Å². The van der Waals surface area contributed by atoms with Gasteiger partial charge in [0.2, 0.25) is 5.91 Å². The van der Waals surface area contributed by atoms with Gasteiger partial charge in [0, 0.05) is 22.5 Å². The Hall–Kier alpha value is -3.02. The maximum Gasteiger partial charge on any atom is 0.251 e. The highest BCUT2D eigenvalue weighted by Crippen LogP contribution is 2.16. The second-order valence-corrected chi connectivity index (χ2v) is 8.62. The first kappa shape index (κ1) is 24.3. The topological polar surface area (TPSA) is 79.5 Å². The van der Waals surface area contributed by atoms with E-state index in [9.17, 15) is 9.59 Å².